The highest BCUT2D eigenvalue weighted by Gasteiger charge is 2.31. The molecule has 0 radical (unpaired) electrons. The summed E-state index contributed by atoms with van der Waals surface area (Å²) in [5.74, 6) is 1.62. The first-order chi connectivity index (χ1) is 9.36. The fraction of sp³-hybridized carbons (Fsp3) is 1.00. The van der Waals surface area contributed by atoms with Gasteiger partial charge >= 0.3 is 0 Å². The zero-order valence-corrected chi connectivity index (χ0v) is 14.8. The monoisotopic (exact) mass is 282 g/mol. The van der Waals surface area contributed by atoms with Crippen LogP contribution in [-0.4, -0.2) is 37.1 Å². The van der Waals surface area contributed by atoms with E-state index in [-0.39, 0.29) is 0 Å². The zero-order valence-electron chi connectivity index (χ0n) is 14.8. The van der Waals surface area contributed by atoms with Gasteiger partial charge in [-0.1, -0.05) is 41.0 Å². The lowest BCUT2D eigenvalue weighted by atomic mass is 9.82. The molecule has 120 valence electrons. The van der Waals surface area contributed by atoms with Gasteiger partial charge in [-0.2, -0.15) is 0 Å². The Morgan fingerprint density at radius 3 is 2.55 bits per heavy atom. The summed E-state index contributed by atoms with van der Waals surface area (Å²) in [5.41, 5.74) is 0.426. The Kier molecular flexibility index (Phi) is 7.53. The van der Waals surface area contributed by atoms with Crippen LogP contribution in [-0.2, 0) is 0 Å². The minimum atomic E-state index is 0.426. The van der Waals surface area contributed by atoms with Gasteiger partial charge < -0.3 is 5.32 Å². The molecule has 1 aliphatic heterocycles. The van der Waals surface area contributed by atoms with E-state index in [1.54, 1.807) is 0 Å². The maximum absolute atomic E-state index is 3.70. The van der Waals surface area contributed by atoms with Crippen molar-refractivity contribution in [2.45, 2.75) is 73.3 Å². The summed E-state index contributed by atoms with van der Waals surface area (Å²) in [7, 11) is 0. The molecule has 20 heavy (non-hydrogen) atoms. The number of nitrogens with one attached hydrogen (secondary N) is 1. The Bertz CT molecular complexity index is 264. The van der Waals surface area contributed by atoms with Gasteiger partial charge in [-0.3, -0.25) is 4.90 Å². The average molecular weight is 283 g/mol. The molecule has 0 aromatic carbocycles. The van der Waals surface area contributed by atoms with Gasteiger partial charge in [0.25, 0.3) is 0 Å². The first kappa shape index (κ1) is 18.0. The Morgan fingerprint density at radius 2 is 1.95 bits per heavy atom. The average Bonchev–Trinajstić information content (AvgIpc) is 2.33. The SMILES string of the molecule is CCCC(C)(CNCC(C)C)CN1CC(C)CCC1C. The molecular weight excluding hydrogens is 244 g/mol. The van der Waals surface area contributed by atoms with Crippen molar-refractivity contribution in [3.8, 4) is 0 Å². The molecule has 1 N–H and O–H groups in total. The van der Waals surface area contributed by atoms with Gasteiger partial charge in [0.2, 0.25) is 0 Å². The molecule has 0 saturated carbocycles. The molecule has 1 heterocycles. The minimum absolute atomic E-state index is 0.426. The number of hydrogen-bond acceptors (Lipinski definition) is 2. The summed E-state index contributed by atoms with van der Waals surface area (Å²) >= 11 is 0. The van der Waals surface area contributed by atoms with E-state index in [0.717, 1.165) is 31.0 Å². The Hall–Kier alpha value is -0.0800. The molecule has 1 fully saturated rings. The summed E-state index contributed by atoms with van der Waals surface area (Å²) in [6.45, 7) is 19.1. The van der Waals surface area contributed by atoms with Crippen molar-refractivity contribution in [1.82, 2.24) is 10.2 Å². The van der Waals surface area contributed by atoms with E-state index in [1.165, 1.54) is 38.8 Å². The fourth-order valence-corrected chi connectivity index (χ4v) is 3.58. The van der Waals surface area contributed by atoms with Crippen LogP contribution in [0.25, 0.3) is 0 Å². The summed E-state index contributed by atoms with van der Waals surface area (Å²) < 4.78 is 0. The molecule has 0 bridgehead atoms. The Labute approximate surface area is 127 Å². The van der Waals surface area contributed by atoms with Crippen LogP contribution in [0.2, 0.25) is 0 Å². The van der Waals surface area contributed by atoms with Crippen LogP contribution in [0.15, 0.2) is 0 Å². The molecular formula is C18H38N2. The summed E-state index contributed by atoms with van der Waals surface area (Å²) in [4.78, 5) is 2.75. The molecule has 0 aliphatic carbocycles. The van der Waals surface area contributed by atoms with Gasteiger partial charge in [0.1, 0.15) is 0 Å². The molecule has 0 aromatic heterocycles. The summed E-state index contributed by atoms with van der Waals surface area (Å²) in [6.07, 6.45) is 5.41. The molecule has 3 unspecified atom stereocenters. The molecule has 0 spiro atoms. The summed E-state index contributed by atoms with van der Waals surface area (Å²) in [5, 5.41) is 3.70. The number of piperidine rings is 1. The number of nitrogens with zero attached hydrogens (tertiary/aromatic N) is 1. The van der Waals surface area contributed by atoms with Crippen molar-refractivity contribution in [2.24, 2.45) is 17.3 Å². The Balaban J connectivity index is 2.54. The lowest BCUT2D eigenvalue weighted by Crippen LogP contribution is -2.49. The second kappa shape index (κ2) is 8.38. The quantitative estimate of drug-likeness (QED) is 0.719. The second-order valence-electron chi connectivity index (χ2n) is 8.05. The van der Waals surface area contributed by atoms with Crippen molar-refractivity contribution in [1.29, 1.82) is 0 Å². The molecule has 3 atom stereocenters. The minimum Gasteiger partial charge on any atom is -0.316 e. The van der Waals surface area contributed by atoms with E-state index in [4.69, 9.17) is 0 Å². The number of likely N-dealkylation sites (tertiary alicyclic amines) is 1. The van der Waals surface area contributed by atoms with Gasteiger partial charge in [0.05, 0.1) is 0 Å². The molecule has 2 nitrogen and oxygen atoms in total. The van der Waals surface area contributed by atoms with E-state index in [1.807, 2.05) is 0 Å². The fourth-order valence-electron chi connectivity index (χ4n) is 3.58. The highest BCUT2D eigenvalue weighted by molar-refractivity contribution is 4.85. The van der Waals surface area contributed by atoms with Crippen LogP contribution < -0.4 is 5.32 Å². The highest BCUT2D eigenvalue weighted by Crippen LogP contribution is 2.29. The van der Waals surface area contributed by atoms with Crippen molar-refractivity contribution in [2.75, 3.05) is 26.2 Å². The third-order valence-corrected chi connectivity index (χ3v) is 4.79. The standard InChI is InChI=1S/C18H38N2/c1-7-10-18(6,13-19-11-15(2)3)14-20-12-16(4)8-9-17(20)5/h15-17,19H,7-14H2,1-6H3. The molecule has 2 heteroatoms. The molecule has 1 rings (SSSR count). The van der Waals surface area contributed by atoms with Crippen LogP contribution in [0.4, 0.5) is 0 Å². The smallest absolute Gasteiger partial charge is 0.00673 e. The second-order valence-corrected chi connectivity index (χ2v) is 8.05. The van der Waals surface area contributed by atoms with E-state index in [9.17, 15) is 0 Å². The lowest BCUT2D eigenvalue weighted by molar-refractivity contribution is 0.0681. The van der Waals surface area contributed by atoms with E-state index >= 15 is 0 Å². The van der Waals surface area contributed by atoms with Gasteiger partial charge in [-0.15, -0.1) is 0 Å². The normalized spacial score (nSPS) is 27.8. The molecule has 0 amide bonds. The van der Waals surface area contributed by atoms with Crippen molar-refractivity contribution in [3.05, 3.63) is 0 Å². The van der Waals surface area contributed by atoms with Gasteiger partial charge in [0.15, 0.2) is 0 Å². The van der Waals surface area contributed by atoms with Crippen LogP contribution in [0.5, 0.6) is 0 Å². The van der Waals surface area contributed by atoms with E-state index < -0.39 is 0 Å². The topological polar surface area (TPSA) is 15.3 Å². The van der Waals surface area contributed by atoms with Gasteiger partial charge in [-0.05, 0) is 50.0 Å². The van der Waals surface area contributed by atoms with Crippen LogP contribution in [0.1, 0.15) is 67.2 Å². The highest BCUT2D eigenvalue weighted by atomic mass is 15.2. The van der Waals surface area contributed by atoms with Crippen LogP contribution in [0.3, 0.4) is 0 Å². The first-order valence-corrected chi connectivity index (χ1v) is 8.81. The molecule has 1 saturated heterocycles. The predicted molar refractivity (Wildman–Crippen MR) is 90.2 cm³/mol. The lowest BCUT2D eigenvalue weighted by Gasteiger charge is -2.43. The summed E-state index contributed by atoms with van der Waals surface area (Å²) in [6, 6.07) is 0.771. The number of hydrogen-bond donors (Lipinski definition) is 1. The molecule has 1 aliphatic rings. The van der Waals surface area contributed by atoms with Crippen molar-refractivity contribution < 1.29 is 0 Å². The van der Waals surface area contributed by atoms with Crippen LogP contribution >= 0.6 is 0 Å². The molecule has 0 aromatic rings. The first-order valence-electron chi connectivity index (χ1n) is 8.81. The van der Waals surface area contributed by atoms with E-state index in [2.05, 4.69) is 51.8 Å². The maximum atomic E-state index is 3.70. The maximum Gasteiger partial charge on any atom is 0.00673 e. The van der Waals surface area contributed by atoms with Crippen molar-refractivity contribution in [3.63, 3.8) is 0 Å². The van der Waals surface area contributed by atoms with Gasteiger partial charge in [-0.25, -0.2) is 0 Å². The third kappa shape index (κ3) is 6.13. The van der Waals surface area contributed by atoms with Crippen molar-refractivity contribution >= 4 is 0 Å². The number of rotatable bonds is 8. The van der Waals surface area contributed by atoms with E-state index in [0.29, 0.717) is 5.41 Å². The van der Waals surface area contributed by atoms with Gasteiger partial charge in [0, 0.05) is 25.7 Å². The zero-order chi connectivity index (χ0) is 15.2. The van der Waals surface area contributed by atoms with Crippen LogP contribution in [0, 0.1) is 17.3 Å². The third-order valence-electron chi connectivity index (χ3n) is 4.79. The Morgan fingerprint density at radius 1 is 1.25 bits per heavy atom. The largest absolute Gasteiger partial charge is 0.316 e. The predicted octanol–water partition coefficient (Wildman–Crippen LogP) is 4.16.